The SMILES string of the molecule is CNC(CO)CCN1CCCc2ccccc2C1. The fourth-order valence-corrected chi connectivity index (χ4v) is 2.62. The second-order valence-electron chi connectivity index (χ2n) is 5.11. The molecule has 0 fully saturated rings. The van der Waals surface area contributed by atoms with Gasteiger partial charge in [-0.2, -0.15) is 0 Å². The first kappa shape index (κ1) is 13.5. The zero-order valence-electron chi connectivity index (χ0n) is 11.2. The van der Waals surface area contributed by atoms with Crippen LogP contribution in [0.25, 0.3) is 0 Å². The second kappa shape index (κ2) is 6.88. The van der Waals surface area contributed by atoms with Crippen molar-refractivity contribution in [2.45, 2.75) is 31.8 Å². The lowest BCUT2D eigenvalue weighted by atomic mass is 10.0. The predicted octanol–water partition coefficient (Wildman–Crippen LogP) is 1.41. The van der Waals surface area contributed by atoms with Crippen molar-refractivity contribution >= 4 is 0 Å². The molecule has 1 unspecified atom stereocenters. The van der Waals surface area contributed by atoms with E-state index in [1.54, 1.807) is 0 Å². The molecule has 0 aliphatic carbocycles. The molecule has 3 heteroatoms. The van der Waals surface area contributed by atoms with Crippen molar-refractivity contribution < 1.29 is 5.11 Å². The number of likely N-dealkylation sites (N-methyl/N-ethyl adjacent to an activating group) is 1. The van der Waals surface area contributed by atoms with Gasteiger partial charge in [0.1, 0.15) is 0 Å². The Morgan fingerprint density at radius 2 is 2.11 bits per heavy atom. The van der Waals surface area contributed by atoms with Crippen LogP contribution in [0.5, 0.6) is 0 Å². The Morgan fingerprint density at radius 3 is 2.83 bits per heavy atom. The van der Waals surface area contributed by atoms with Gasteiger partial charge in [-0.3, -0.25) is 4.90 Å². The summed E-state index contributed by atoms with van der Waals surface area (Å²) in [5.74, 6) is 0. The number of fused-ring (bicyclic) bond motifs is 1. The zero-order chi connectivity index (χ0) is 12.8. The number of aryl methyl sites for hydroxylation is 1. The molecular weight excluding hydrogens is 224 g/mol. The largest absolute Gasteiger partial charge is 0.395 e. The van der Waals surface area contributed by atoms with Crippen molar-refractivity contribution in [2.24, 2.45) is 0 Å². The van der Waals surface area contributed by atoms with Gasteiger partial charge in [0.2, 0.25) is 0 Å². The van der Waals surface area contributed by atoms with Crippen LogP contribution < -0.4 is 5.32 Å². The zero-order valence-corrected chi connectivity index (χ0v) is 11.2. The van der Waals surface area contributed by atoms with E-state index in [-0.39, 0.29) is 12.6 Å². The predicted molar refractivity (Wildman–Crippen MR) is 74.6 cm³/mol. The number of nitrogens with one attached hydrogen (secondary N) is 1. The molecule has 3 nitrogen and oxygen atoms in total. The van der Waals surface area contributed by atoms with E-state index in [1.165, 1.54) is 24.0 Å². The van der Waals surface area contributed by atoms with Crippen LogP contribution in [0.1, 0.15) is 24.0 Å². The molecule has 0 aromatic heterocycles. The van der Waals surface area contributed by atoms with Gasteiger partial charge in [-0.05, 0) is 44.0 Å². The van der Waals surface area contributed by atoms with E-state index >= 15 is 0 Å². The van der Waals surface area contributed by atoms with Crippen LogP contribution in [-0.2, 0) is 13.0 Å². The van der Waals surface area contributed by atoms with Gasteiger partial charge in [-0.25, -0.2) is 0 Å². The van der Waals surface area contributed by atoms with Gasteiger partial charge < -0.3 is 10.4 Å². The molecule has 0 saturated heterocycles. The molecule has 1 atom stereocenters. The van der Waals surface area contributed by atoms with Crippen LogP contribution >= 0.6 is 0 Å². The molecule has 1 aromatic carbocycles. The molecule has 1 aliphatic rings. The van der Waals surface area contributed by atoms with Crippen molar-refractivity contribution in [3.63, 3.8) is 0 Å². The summed E-state index contributed by atoms with van der Waals surface area (Å²) in [4.78, 5) is 2.51. The Bertz CT molecular complexity index is 363. The van der Waals surface area contributed by atoms with Crippen molar-refractivity contribution in [1.82, 2.24) is 10.2 Å². The van der Waals surface area contributed by atoms with E-state index in [0.29, 0.717) is 0 Å². The average Bonchev–Trinajstić information content (AvgIpc) is 2.61. The summed E-state index contributed by atoms with van der Waals surface area (Å²) in [6.07, 6.45) is 3.44. The maximum Gasteiger partial charge on any atom is 0.0585 e. The highest BCUT2D eigenvalue weighted by Crippen LogP contribution is 2.18. The van der Waals surface area contributed by atoms with Gasteiger partial charge in [0.25, 0.3) is 0 Å². The average molecular weight is 248 g/mol. The molecule has 100 valence electrons. The molecule has 0 bridgehead atoms. The molecule has 1 aromatic rings. The summed E-state index contributed by atoms with van der Waals surface area (Å²) in [5.41, 5.74) is 2.98. The van der Waals surface area contributed by atoms with E-state index in [4.69, 9.17) is 0 Å². The van der Waals surface area contributed by atoms with Crippen LogP contribution in [0.2, 0.25) is 0 Å². The highest BCUT2D eigenvalue weighted by molar-refractivity contribution is 5.27. The first-order valence-electron chi connectivity index (χ1n) is 6.90. The van der Waals surface area contributed by atoms with Crippen LogP contribution in [0.4, 0.5) is 0 Å². The summed E-state index contributed by atoms with van der Waals surface area (Å²) in [5, 5.41) is 12.3. The fourth-order valence-electron chi connectivity index (χ4n) is 2.62. The number of aliphatic hydroxyl groups is 1. The highest BCUT2D eigenvalue weighted by atomic mass is 16.3. The van der Waals surface area contributed by atoms with Gasteiger partial charge in [0.15, 0.2) is 0 Å². The number of benzene rings is 1. The number of hydrogen-bond donors (Lipinski definition) is 2. The highest BCUT2D eigenvalue weighted by Gasteiger charge is 2.14. The fraction of sp³-hybridized carbons (Fsp3) is 0.600. The summed E-state index contributed by atoms with van der Waals surface area (Å²) in [6, 6.07) is 8.99. The van der Waals surface area contributed by atoms with Crippen LogP contribution in [0, 0.1) is 0 Å². The third-order valence-electron chi connectivity index (χ3n) is 3.86. The monoisotopic (exact) mass is 248 g/mol. The van der Waals surface area contributed by atoms with Crippen LogP contribution in [0.3, 0.4) is 0 Å². The smallest absolute Gasteiger partial charge is 0.0585 e. The van der Waals surface area contributed by atoms with E-state index in [9.17, 15) is 5.11 Å². The van der Waals surface area contributed by atoms with Crippen molar-refractivity contribution in [1.29, 1.82) is 0 Å². The Hall–Kier alpha value is -0.900. The second-order valence-corrected chi connectivity index (χ2v) is 5.11. The molecule has 1 heterocycles. The molecule has 1 aliphatic heterocycles. The van der Waals surface area contributed by atoms with Crippen LogP contribution in [-0.4, -0.2) is 42.8 Å². The Morgan fingerprint density at radius 1 is 1.33 bits per heavy atom. The van der Waals surface area contributed by atoms with Crippen LogP contribution in [0.15, 0.2) is 24.3 Å². The van der Waals surface area contributed by atoms with E-state index < -0.39 is 0 Å². The minimum Gasteiger partial charge on any atom is -0.395 e. The standard InChI is InChI=1S/C15H24N2O/c1-16-15(12-18)8-10-17-9-4-7-13-5-2-3-6-14(13)11-17/h2-3,5-6,15-16,18H,4,7-12H2,1H3. The first-order chi connectivity index (χ1) is 8.83. The van der Waals surface area contributed by atoms with E-state index in [1.807, 2.05) is 7.05 Å². The van der Waals surface area contributed by atoms with Gasteiger partial charge in [0, 0.05) is 19.1 Å². The lowest BCUT2D eigenvalue weighted by molar-refractivity contribution is 0.207. The first-order valence-corrected chi connectivity index (χ1v) is 6.90. The summed E-state index contributed by atoms with van der Waals surface area (Å²) in [6.45, 7) is 3.50. The minimum atomic E-state index is 0.223. The van der Waals surface area contributed by atoms with E-state index in [2.05, 4.69) is 34.5 Å². The third kappa shape index (κ3) is 3.55. The Kier molecular flexibility index (Phi) is 5.17. The molecule has 0 radical (unpaired) electrons. The van der Waals surface area contributed by atoms with Gasteiger partial charge in [-0.1, -0.05) is 24.3 Å². The Labute approximate surface area is 110 Å². The topological polar surface area (TPSA) is 35.5 Å². The number of hydrogen-bond acceptors (Lipinski definition) is 3. The molecular formula is C15H24N2O. The van der Waals surface area contributed by atoms with Crippen molar-refractivity contribution in [3.8, 4) is 0 Å². The maximum atomic E-state index is 9.19. The Balaban J connectivity index is 1.91. The molecule has 0 saturated carbocycles. The molecule has 0 spiro atoms. The molecule has 0 amide bonds. The molecule has 18 heavy (non-hydrogen) atoms. The van der Waals surface area contributed by atoms with E-state index in [0.717, 1.165) is 26.1 Å². The molecule has 2 N–H and O–H groups in total. The third-order valence-corrected chi connectivity index (χ3v) is 3.86. The number of nitrogens with zero attached hydrogens (tertiary/aromatic N) is 1. The maximum absolute atomic E-state index is 9.19. The summed E-state index contributed by atoms with van der Waals surface area (Å²) >= 11 is 0. The number of aliphatic hydroxyl groups excluding tert-OH is 1. The van der Waals surface area contributed by atoms with Crippen molar-refractivity contribution in [2.75, 3.05) is 26.7 Å². The molecule has 2 rings (SSSR count). The van der Waals surface area contributed by atoms with Gasteiger partial charge in [0.05, 0.1) is 6.61 Å². The lowest BCUT2D eigenvalue weighted by Crippen LogP contribution is -2.34. The van der Waals surface area contributed by atoms with Gasteiger partial charge >= 0.3 is 0 Å². The van der Waals surface area contributed by atoms with Crippen molar-refractivity contribution in [3.05, 3.63) is 35.4 Å². The lowest BCUT2D eigenvalue weighted by Gasteiger charge is -2.23. The quantitative estimate of drug-likeness (QED) is 0.827. The van der Waals surface area contributed by atoms with Gasteiger partial charge in [-0.15, -0.1) is 0 Å². The summed E-state index contributed by atoms with van der Waals surface area (Å²) in [7, 11) is 1.92. The normalized spacial score (nSPS) is 18.1. The number of rotatable bonds is 5. The summed E-state index contributed by atoms with van der Waals surface area (Å²) < 4.78 is 0. The minimum absolute atomic E-state index is 0.223.